The zero-order valence-corrected chi connectivity index (χ0v) is 18.4. The summed E-state index contributed by atoms with van der Waals surface area (Å²) in [5.74, 6) is -0.379. The molecule has 1 atom stereocenters. The Hall–Kier alpha value is -0.970. The van der Waals surface area contributed by atoms with Gasteiger partial charge in [0.15, 0.2) is 0 Å². The van der Waals surface area contributed by atoms with Crippen LogP contribution in [0, 0.1) is 0 Å². The highest BCUT2D eigenvalue weighted by atomic mass is 79.9. The molecule has 0 amide bonds. The molecule has 2 heterocycles. The van der Waals surface area contributed by atoms with Crippen molar-refractivity contribution in [2.45, 2.75) is 10.3 Å². The molecule has 1 saturated heterocycles. The van der Waals surface area contributed by atoms with Gasteiger partial charge in [0, 0.05) is 31.2 Å². The van der Waals surface area contributed by atoms with Gasteiger partial charge in [0.25, 0.3) is 10.0 Å². The highest BCUT2D eigenvalue weighted by Crippen LogP contribution is 2.30. The van der Waals surface area contributed by atoms with Crippen molar-refractivity contribution in [2.24, 2.45) is 0 Å². The summed E-state index contributed by atoms with van der Waals surface area (Å²) >= 11 is 10.4. The van der Waals surface area contributed by atoms with Crippen LogP contribution in [0.15, 0.2) is 44.4 Å². The molecule has 0 unspecified atom stereocenters. The van der Waals surface area contributed by atoms with Gasteiger partial charge in [-0.05, 0) is 45.8 Å². The summed E-state index contributed by atoms with van der Waals surface area (Å²) in [5, 5.41) is 0.584. The molecule has 146 valence electrons. The number of ether oxygens (including phenoxy) is 1. The Morgan fingerprint density at radius 3 is 2.30 bits per heavy atom. The molecule has 1 aliphatic heterocycles. The first kappa shape index (κ1) is 20.8. The molecule has 0 radical (unpaired) electrons. The molecular formula is C17H18BrClN2O4S2. The molecule has 3 rings (SSSR count). The maximum Gasteiger partial charge on any atom is 0.327 e. The van der Waals surface area contributed by atoms with Gasteiger partial charge < -0.3 is 4.74 Å². The predicted molar refractivity (Wildman–Crippen MR) is 109 cm³/mol. The molecule has 1 aromatic heterocycles. The van der Waals surface area contributed by atoms with Crippen LogP contribution in [-0.4, -0.2) is 56.9 Å². The number of benzene rings is 1. The molecule has 0 N–H and O–H groups in total. The number of hydrogen-bond donors (Lipinski definition) is 0. The number of nitrogens with zero attached hydrogens (tertiary/aromatic N) is 2. The highest BCUT2D eigenvalue weighted by Gasteiger charge is 2.35. The summed E-state index contributed by atoms with van der Waals surface area (Å²) in [7, 11) is -2.18. The number of piperazine rings is 1. The Morgan fingerprint density at radius 2 is 1.78 bits per heavy atom. The SMILES string of the molecule is COC(=O)[C@@H](c1ccc(Cl)cc1)N1CCN(S(=O)(=O)c2ccc(Br)s2)CC1. The van der Waals surface area contributed by atoms with Crippen molar-refractivity contribution in [3.8, 4) is 0 Å². The molecular weight excluding hydrogens is 476 g/mol. The summed E-state index contributed by atoms with van der Waals surface area (Å²) in [4.78, 5) is 14.3. The number of thiophene rings is 1. The lowest BCUT2D eigenvalue weighted by molar-refractivity contribution is -0.147. The van der Waals surface area contributed by atoms with E-state index in [1.807, 2.05) is 4.90 Å². The second-order valence-corrected chi connectivity index (χ2v) is 11.0. The Labute approximate surface area is 175 Å². The first-order chi connectivity index (χ1) is 12.8. The van der Waals surface area contributed by atoms with E-state index in [4.69, 9.17) is 16.3 Å². The zero-order chi connectivity index (χ0) is 19.6. The third kappa shape index (κ3) is 4.55. The van der Waals surface area contributed by atoms with Gasteiger partial charge in [0.2, 0.25) is 0 Å². The van der Waals surface area contributed by atoms with Crippen LogP contribution < -0.4 is 0 Å². The van der Waals surface area contributed by atoms with Gasteiger partial charge in [-0.15, -0.1) is 11.3 Å². The number of halogens is 2. The van der Waals surface area contributed by atoms with Gasteiger partial charge >= 0.3 is 5.97 Å². The monoisotopic (exact) mass is 492 g/mol. The first-order valence-corrected chi connectivity index (χ1v) is 11.6. The van der Waals surface area contributed by atoms with Crippen LogP contribution >= 0.6 is 38.9 Å². The van der Waals surface area contributed by atoms with Crippen LogP contribution in [0.25, 0.3) is 0 Å². The molecule has 10 heteroatoms. The molecule has 0 saturated carbocycles. The lowest BCUT2D eigenvalue weighted by Crippen LogP contribution is -2.50. The fraction of sp³-hybridized carbons (Fsp3) is 0.353. The second-order valence-electron chi connectivity index (χ2n) is 5.98. The molecule has 2 aromatic rings. The first-order valence-electron chi connectivity index (χ1n) is 8.16. The molecule has 0 bridgehead atoms. The maximum atomic E-state index is 12.8. The maximum absolute atomic E-state index is 12.8. The van der Waals surface area contributed by atoms with E-state index in [-0.39, 0.29) is 5.97 Å². The van der Waals surface area contributed by atoms with Crippen LogP contribution in [-0.2, 0) is 19.6 Å². The van der Waals surface area contributed by atoms with Crippen molar-refractivity contribution in [1.82, 2.24) is 9.21 Å². The van der Waals surface area contributed by atoms with Crippen molar-refractivity contribution in [3.05, 3.63) is 50.8 Å². The van der Waals surface area contributed by atoms with Crippen molar-refractivity contribution in [2.75, 3.05) is 33.3 Å². The number of carbonyl (C=O) groups is 1. The van der Waals surface area contributed by atoms with E-state index in [0.29, 0.717) is 35.4 Å². The standard InChI is InChI=1S/C17H18BrClN2O4S2/c1-25-17(22)16(12-2-4-13(19)5-3-12)20-8-10-21(11-9-20)27(23,24)15-7-6-14(18)26-15/h2-7,16H,8-11H2,1H3/t16-/m1/s1. The molecule has 6 nitrogen and oxygen atoms in total. The predicted octanol–water partition coefficient (Wildman–Crippen LogP) is 3.38. The lowest BCUT2D eigenvalue weighted by atomic mass is 10.0. The van der Waals surface area contributed by atoms with Crippen LogP contribution in [0.1, 0.15) is 11.6 Å². The van der Waals surface area contributed by atoms with E-state index < -0.39 is 16.1 Å². The summed E-state index contributed by atoms with van der Waals surface area (Å²) < 4.78 is 33.0. The van der Waals surface area contributed by atoms with Gasteiger partial charge in [-0.2, -0.15) is 4.31 Å². The van der Waals surface area contributed by atoms with Gasteiger partial charge in [-0.25, -0.2) is 13.2 Å². The summed E-state index contributed by atoms with van der Waals surface area (Å²) in [6.45, 7) is 1.46. The number of sulfonamides is 1. The minimum Gasteiger partial charge on any atom is -0.468 e. The number of methoxy groups -OCH3 is 1. The van der Waals surface area contributed by atoms with E-state index in [2.05, 4.69) is 15.9 Å². The average Bonchev–Trinajstić information content (AvgIpc) is 3.11. The number of rotatable bonds is 5. The molecule has 1 aromatic carbocycles. The van der Waals surface area contributed by atoms with Crippen LogP contribution in [0.5, 0.6) is 0 Å². The second kappa shape index (κ2) is 8.59. The Morgan fingerprint density at radius 1 is 1.15 bits per heavy atom. The van der Waals surface area contributed by atoms with Crippen LogP contribution in [0.2, 0.25) is 5.02 Å². The third-order valence-corrected chi connectivity index (χ3v) is 8.63. The van der Waals surface area contributed by atoms with E-state index >= 15 is 0 Å². The highest BCUT2D eigenvalue weighted by molar-refractivity contribution is 9.11. The van der Waals surface area contributed by atoms with Gasteiger partial charge in [-0.1, -0.05) is 23.7 Å². The van der Waals surface area contributed by atoms with Crippen molar-refractivity contribution in [3.63, 3.8) is 0 Å². The Bertz CT molecular complexity index is 909. The summed E-state index contributed by atoms with van der Waals surface area (Å²) in [6, 6.07) is 9.76. The molecule has 1 fully saturated rings. The molecule has 0 spiro atoms. The fourth-order valence-electron chi connectivity index (χ4n) is 3.02. The topological polar surface area (TPSA) is 66.9 Å². The molecule has 0 aliphatic carbocycles. The van der Waals surface area contributed by atoms with Gasteiger partial charge in [-0.3, -0.25) is 4.90 Å². The van der Waals surface area contributed by atoms with Crippen molar-refractivity contribution in [1.29, 1.82) is 0 Å². The van der Waals surface area contributed by atoms with E-state index in [0.717, 1.165) is 9.35 Å². The van der Waals surface area contributed by atoms with Crippen LogP contribution in [0.3, 0.4) is 0 Å². The fourth-order valence-corrected chi connectivity index (χ4v) is 6.73. The van der Waals surface area contributed by atoms with E-state index in [9.17, 15) is 13.2 Å². The Balaban J connectivity index is 1.76. The third-order valence-electron chi connectivity index (χ3n) is 4.39. The van der Waals surface area contributed by atoms with E-state index in [1.165, 1.54) is 22.8 Å². The van der Waals surface area contributed by atoms with Crippen molar-refractivity contribution < 1.29 is 17.9 Å². The smallest absolute Gasteiger partial charge is 0.327 e. The number of esters is 1. The zero-order valence-electron chi connectivity index (χ0n) is 14.5. The van der Waals surface area contributed by atoms with Gasteiger partial charge in [0.1, 0.15) is 10.3 Å². The van der Waals surface area contributed by atoms with E-state index in [1.54, 1.807) is 36.4 Å². The number of hydrogen-bond acceptors (Lipinski definition) is 6. The van der Waals surface area contributed by atoms with Crippen LogP contribution in [0.4, 0.5) is 0 Å². The summed E-state index contributed by atoms with van der Waals surface area (Å²) in [5.41, 5.74) is 0.768. The summed E-state index contributed by atoms with van der Waals surface area (Å²) in [6.07, 6.45) is 0. The number of carbonyl (C=O) groups excluding carboxylic acids is 1. The minimum atomic E-state index is -3.52. The largest absolute Gasteiger partial charge is 0.468 e. The minimum absolute atomic E-state index is 0.305. The Kier molecular flexibility index (Phi) is 6.60. The van der Waals surface area contributed by atoms with Crippen molar-refractivity contribution >= 4 is 54.9 Å². The average molecular weight is 494 g/mol. The molecule has 1 aliphatic rings. The quantitative estimate of drug-likeness (QED) is 0.597. The normalized spacial score (nSPS) is 17.6. The van der Waals surface area contributed by atoms with Gasteiger partial charge in [0.05, 0.1) is 10.9 Å². The lowest BCUT2D eigenvalue weighted by Gasteiger charge is -2.37. The molecule has 27 heavy (non-hydrogen) atoms.